The van der Waals surface area contributed by atoms with Crippen molar-refractivity contribution in [3.63, 3.8) is 0 Å². The molecule has 10 heteroatoms. The van der Waals surface area contributed by atoms with Crippen molar-refractivity contribution in [3.05, 3.63) is 29.3 Å². The van der Waals surface area contributed by atoms with E-state index in [-0.39, 0.29) is 54.5 Å². The molecule has 0 radical (unpaired) electrons. The highest BCUT2D eigenvalue weighted by Gasteiger charge is 2.58. The molecular weight excluding hydrogens is 542 g/mol. The molecule has 5 aliphatic rings. The van der Waals surface area contributed by atoms with Crippen LogP contribution in [0.4, 0.5) is 5.69 Å². The van der Waals surface area contributed by atoms with E-state index in [1.165, 1.54) is 0 Å². The van der Waals surface area contributed by atoms with Gasteiger partial charge in [-0.2, -0.15) is 0 Å². The van der Waals surface area contributed by atoms with E-state index in [0.29, 0.717) is 36.1 Å². The predicted molar refractivity (Wildman–Crippen MR) is 159 cm³/mol. The van der Waals surface area contributed by atoms with E-state index in [2.05, 4.69) is 19.2 Å². The first-order valence-corrected chi connectivity index (χ1v) is 15.5. The maximum Gasteiger partial charge on any atom is 0.241 e. The molecule has 1 aromatic carbocycles. The van der Waals surface area contributed by atoms with E-state index >= 15 is 0 Å². The van der Waals surface area contributed by atoms with Crippen molar-refractivity contribution in [2.24, 2.45) is 40.6 Å². The maximum absolute atomic E-state index is 13.4. The molecule has 3 amide bonds. The number of carbonyl (C=O) groups excluding carboxylic acids is 3. The Labute approximate surface area is 248 Å². The Morgan fingerprint density at radius 1 is 1.17 bits per heavy atom. The highest BCUT2D eigenvalue weighted by Crippen LogP contribution is 2.60. The SMILES string of the molecule is CC[C@H](C[C@H](O)[C@@H](N)CN1CC(=O)N(c2ccccc2Cl)CC1(C)C)C(=O)NC1[C@@H]2CC3C[C@H]1CC(C(N)=O)(C3)C2. The Morgan fingerprint density at radius 3 is 2.44 bits per heavy atom. The number of hydrogen-bond acceptors (Lipinski definition) is 6. The van der Waals surface area contributed by atoms with Gasteiger partial charge in [-0.05, 0) is 88.7 Å². The van der Waals surface area contributed by atoms with E-state index < -0.39 is 23.1 Å². The summed E-state index contributed by atoms with van der Waals surface area (Å²) in [5.41, 5.74) is 12.2. The largest absolute Gasteiger partial charge is 0.391 e. The molecule has 1 saturated heterocycles. The number of carbonyl (C=O) groups is 3. The number of rotatable bonds is 10. The second kappa shape index (κ2) is 11.5. The van der Waals surface area contributed by atoms with Gasteiger partial charge < -0.3 is 26.8 Å². The van der Waals surface area contributed by atoms with Gasteiger partial charge in [0.05, 0.1) is 23.4 Å². The summed E-state index contributed by atoms with van der Waals surface area (Å²) < 4.78 is 0. The fraction of sp³-hybridized carbons (Fsp3) is 0.710. The Hall–Kier alpha value is -2.20. The molecule has 8 atom stereocenters. The standard InChI is InChI=1S/C31H46ClN5O4/c1-4-19(28(40)35-27-20-9-18-10-21(27)14-31(12-18,13-20)29(34)41)11-25(38)23(33)15-36-16-26(39)37(17-30(36,2)3)24-8-6-5-7-22(24)32/h5-8,18-21,23,25,27,38H,4,9-17,33H2,1-3H3,(H2,34,41)(H,35,40)/t18?,19-,20-,21+,23+,25+,27?,31?/m1/s1. The number of primary amides is 1. The number of benzene rings is 1. The zero-order chi connectivity index (χ0) is 29.7. The summed E-state index contributed by atoms with van der Waals surface area (Å²) in [4.78, 5) is 42.6. The number of piperazine rings is 1. The van der Waals surface area contributed by atoms with E-state index in [4.69, 9.17) is 23.1 Å². The van der Waals surface area contributed by atoms with Crippen LogP contribution in [-0.2, 0) is 14.4 Å². The van der Waals surface area contributed by atoms with Gasteiger partial charge in [0.15, 0.2) is 0 Å². The van der Waals surface area contributed by atoms with Crippen molar-refractivity contribution in [1.82, 2.24) is 10.2 Å². The lowest BCUT2D eigenvalue weighted by molar-refractivity contribution is -0.148. The molecule has 4 saturated carbocycles. The molecule has 226 valence electrons. The van der Waals surface area contributed by atoms with Crippen molar-refractivity contribution in [2.75, 3.05) is 24.5 Å². The highest BCUT2D eigenvalue weighted by atomic mass is 35.5. The monoisotopic (exact) mass is 587 g/mol. The second-order valence-electron chi connectivity index (χ2n) is 13.8. The molecule has 1 aliphatic heterocycles. The Kier molecular flexibility index (Phi) is 8.47. The Balaban J connectivity index is 1.17. The summed E-state index contributed by atoms with van der Waals surface area (Å²) in [7, 11) is 0. The molecule has 4 bridgehead atoms. The number of aliphatic hydroxyl groups is 1. The van der Waals surface area contributed by atoms with Crippen LogP contribution >= 0.6 is 11.6 Å². The van der Waals surface area contributed by atoms with Crippen molar-refractivity contribution in [3.8, 4) is 0 Å². The average molecular weight is 588 g/mol. The van der Waals surface area contributed by atoms with Crippen molar-refractivity contribution in [2.45, 2.75) is 89.4 Å². The van der Waals surface area contributed by atoms with E-state index in [1.807, 2.05) is 30.0 Å². The molecule has 6 N–H and O–H groups in total. The third kappa shape index (κ3) is 5.88. The van der Waals surface area contributed by atoms with Crippen molar-refractivity contribution >= 4 is 35.0 Å². The molecule has 1 aromatic rings. The summed E-state index contributed by atoms with van der Waals surface area (Å²) >= 11 is 6.37. The number of nitrogens with two attached hydrogens (primary N) is 2. The fourth-order valence-electron chi connectivity index (χ4n) is 8.39. The van der Waals surface area contributed by atoms with Gasteiger partial charge in [-0.25, -0.2) is 0 Å². The Bertz CT molecular complexity index is 1160. The topological polar surface area (TPSA) is 142 Å². The van der Waals surface area contributed by atoms with Gasteiger partial charge in [0, 0.05) is 42.0 Å². The van der Waals surface area contributed by atoms with E-state index in [9.17, 15) is 19.5 Å². The van der Waals surface area contributed by atoms with Crippen molar-refractivity contribution < 1.29 is 19.5 Å². The molecule has 41 heavy (non-hydrogen) atoms. The third-order valence-corrected chi connectivity index (χ3v) is 10.9. The second-order valence-corrected chi connectivity index (χ2v) is 14.3. The number of para-hydroxylation sites is 1. The summed E-state index contributed by atoms with van der Waals surface area (Å²) in [5.74, 6) is 0.424. The zero-order valence-corrected chi connectivity index (χ0v) is 25.3. The first kappa shape index (κ1) is 30.3. The summed E-state index contributed by atoms with van der Waals surface area (Å²) in [6.07, 6.45) is 4.47. The molecule has 5 fully saturated rings. The summed E-state index contributed by atoms with van der Waals surface area (Å²) in [6, 6.07) is 6.76. The summed E-state index contributed by atoms with van der Waals surface area (Å²) in [6.45, 7) is 7.00. The van der Waals surface area contributed by atoms with Crippen LogP contribution in [-0.4, -0.2) is 71.1 Å². The zero-order valence-electron chi connectivity index (χ0n) is 24.5. The number of anilines is 1. The van der Waals surface area contributed by atoms with Gasteiger partial charge in [0.2, 0.25) is 17.7 Å². The molecule has 6 rings (SSSR count). The third-order valence-electron chi connectivity index (χ3n) is 10.6. The van der Waals surface area contributed by atoms with Crippen LogP contribution in [0.5, 0.6) is 0 Å². The van der Waals surface area contributed by atoms with E-state index in [1.54, 1.807) is 11.0 Å². The van der Waals surface area contributed by atoms with Crippen LogP contribution in [0.1, 0.15) is 65.7 Å². The van der Waals surface area contributed by atoms with Crippen LogP contribution in [0.2, 0.25) is 5.02 Å². The van der Waals surface area contributed by atoms with Crippen LogP contribution in [0, 0.1) is 29.1 Å². The molecule has 0 aromatic heterocycles. The van der Waals surface area contributed by atoms with Crippen LogP contribution in [0.15, 0.2) is 24.3 Å². The van der Waals surface area contributed by atoms with Gasteiger partial charge in [0.25, 0.3) is 0 Å². The molecule has 3 unspecified atom stereocenters. The highest BCUT2D eigenvalue weighted by molar-refractivity contribution is 6.33. The number of hydrogen-bond donors (Lipinski definition) is 4. The lowest BCUT2D eigenvalue weighted by Gasteiger charge is -2.59. The smallest absolute Gasteiger partial charge is 0.241 e. The molecule has 4 aliphatic carbocycles. The number of amides is 3. The molecule has 0 spiro atoms. The van der Waals surface area contributed by atoms with Gasteiger partial charge in [0.1, 0.15) is 0 Å². The molecule has 1 heterocycles. The first-order chi connectivity index (χ1) is 19.3. The maximum atomic E-state index is 13.4. The van der Waals surface area contributed by atoms with Gasteiger partial charge >= 0.3 is 0 Å². The minimum absolute atomic E-state index is 0.0480. The van der Waals surface area contributed by atoms with Crippen LogP contribution in [0.3, 0.4) is 0 Å². The van der Waals surface area contributed by atoms with Gasteiger partial charge in [-0.15, -0.1) is 0 Å². The number of halogens is 1. The average Bonchev–Trinajstić information content (AvgIpc) is 2.91. The number of nitrogens with one attached hydrogen (secondary N) is 1. The Morgan fingerprint density at radius 2 is 1.83 bits per heavy atom. The minimum Gasteiger partial charge on any atom is -0.391 e. The lowest BCUT2D eigenvalue weighted by Crippen LogP contribution is -2.64. The lowest BCUT2D eigenvalue weighted by atomic mass is 9.47. The first-order valence-electron chi connectivity index (χ1n) is 15.2. The van der Waals surface area contributed by atoms with Crippen LogP contribution < -0.4 is 21.7 Å². The predicted octanol–water partition coefficient (Wildman–Crippen LogP) is 2.67. The molecule has 9 nitrogen and oxygen atoms in total. The van der Waals surface area contributed by atoms with Gasteiger partial charge in [-0.1, -0.05) is 30.7 Å². The normalized spacial score (nSPS) is 32.9. The van der Waals surface area contributed by atoms with Crippen LogP contribution in [0.25, 0.3) is 0 Å². The fourth-order valence-corrected chi connectivity index (χ4v) is 8.62. The number of aliphatic hydroxyl groups excluding tert-OH is 1. The molecular formula is C31H46ClN5O4. The summed E-state index contributed by atoms with van der Waals surface area (Å²) in [5, 5.41) is 15.0. The van der Waals surface area contributed by atoms with Crippen molar-refractivity contribution in [1.29, 1.82) is 0 Å². The minimum atomic E-state index is -0.894. The van der Waals surface area contributed by atoms with Gasteiger partial charge in [-0.3, -0.25) is 19.3 Å². The quantitative estimate of drug-likeness (QED) is 0.331. The van der Waals surface area contributed by atoms with E-state index in [0.717, 1.165) is 32.1 Å². The number of nitrogens with zero attached hydrogens (tertiary/aromatic N) is 2.